The molecule has 2 aliphatic carbocycles. The maximum absolute atomic E-state index is 13.3. The van der Waals surface area contributed by atoms with Crippen LogP contribution in [0.4, 0.5) is 5.95 Å². The van der Waals surface area contributed by atoms with Gasteiger partial charge in [0.05, 0.1) is 16.7 Å². The number of nitrogens with one attached hydrogen (secondary N) is 1. The zero-order chi connectivity index (χ0) is 21.9. The van der Waals surface area contributed by atoms with Crippen LogP contribution in [-0.2, 0) is 10.0 Å². The first-order valence-electron chi connectivity index (χ1n) is 10.2. The Kier molecular flexibility index (Phi) is 4.32. The van der Waals surface area contributed by atoms with Crippen molar-refractivity contribution >= 4 is 21.7 Å². The number of rotatable bonds is 5. The highest BCUT2D eigenvalue weighted by atomic mass is 32.2. The summed E-state index contributed by atoms with van der Waals surface area (Å²) >= 11 is 0. The molecule has 2 aromatic heterocycles. The van der Waals surface area contributed by atoms with Crippen LogP contribution in [0, 0.1) is 23.7 Å². The molecule has 0 saturated heterocycles. The van der Waals surface area contributed by atoms with Gasteiger partial charge in [-0.25, -0.2) is 28.1 Å². The molecule has 3 N–H and O–H groups in total. The normalized spacial score (nSPS) is 25.2. The van der Waals surface area contributed by atoms with Gasteiger partial charge >= 0.3 is 0 Å². The first-order chi connectivity index (χ1) is 14.7. The average molecular weight is 438 g/mol. The second-order valence-corrected chi connectivity index (χ2v) is 10.6. The Bertz CT molecular complexity index is 1330. The Hall–Kier alpha value is -3.03. The molecule has 3 aromatic rings. The van der Waals surface area contributed by atoms with Crippen molar-refractivity contribution in [3.8, 4) is 17.3 Å². The van der Waals surface area contributed by atoms with Gasteiger partial charge < -0.3 is 5.73 Å². The fourth-order valence-corrected chi connectivity index (χ4v) is 6.71. The Morgan fingerprint density at radius 1 is 1.26 bits per heavy atom. The second-order valence-electron chi connectivity index (χ2n) is 8.90. The molecule has 2 aliphatic rings. The monoisotopic (exact) mass is 437 g/mol. The molecule has 5 rings (SSSR count). The van der Waals surface area contributed by atoms with Gasteiger partial charge in [0.2, 0.25) is 21.7 Å². The molecule has 0 atom stereocenters. The van der Waals surface area contributed by atoms with E-state index in [0.717, 1.165) is 37.7 Å². The van der Waals surface area contributed by atoms with Crippen molar-refractivity contribution < 1.29 is 8.42 Å². The number of nitriles is 1. The average Bonchev–Trinajstić information content (AvgIpc) is 3.40. The maximum Gasteiger partial charge on any atom is 0.241 e. The second kappa shape index (κ2) is 6.73. The Morgan fingerprint density at radius 2 is 2.03 bits per heavy atom. The smallest absolute Gasteiger partial charge is 0.241 e. The van der Waals surface area contributed by atoms with Crippen molar-refractivity contribution in [3.05, 3.63) is 36.3 Å². The van der Waals surface area contributed by atoms with E-state index in [1.807, 2.05) is 6.92 Å². The number of benzene rings is 1. The molecule has 2 bridgehead atoms. The molecule has 0 radical (unpaired) electrons. The topological polar surface area (TPSA) is 139 Å². The van der Waals surface area contributed by atoms with Gasteiger partial charge in [-0.15, -0.1) is 0 Å². The highest BCUT2D eigenvalue weighted by Crippen LogP contribution is 2.58. The van der Waals surface area contributed by atoms with Gasteiger partial charge in [-0.1, -0.05) is 6.07 Å². The highest BCUT2D eigenvalue weighted by Gasteiger charge is 2.55. The fourth-order valence-electron chi connectivity index (χ4n) is 5.23. The number of hydrogen-bond donors (Lipinski definition) is 2. The van der Waals surface area contributed by atoms with E-state index in [0.29, 0.717) is 23.5 Å². The number of aromatic nitrogens is 4. The quantitative estimate of drug-likeness (QED) is 0.625. The number of nitrogens with zero attached hydrogens (tertiary/aromatic N) is 5. The van der Waals surface area contributed by atoms with Crippen LogP contribution in [0.15, 0.2) is 35.6 Å². The summed E-state index contributed by atoms with van der Waals surface area (Å²) in [5.41, 5.74) is 7.57. The summed E-state index contributed by atoms with van der Waals surface area (Å²) in [6, 6.07) is 7.33. The van der Waals surface area contributed by atoms with Crippen molar-refractivity contribution in [2.45, 2.75) is 55.9 Å². The third-order valence-corrected chi connectivity index (χ3v) is 8.45. The lowest BCUT2D eigenvalue weighted by atomic mass is 9.82. The van der Waals surface area contributed by atoms with Gasteiger partial charge in [-0.05, 0) is 62.1 Å². The summed E-state index contributed by atoms with van der Waals surface area (Å²) in [5, 5.41) is 9.16. The van der Waals surface area contributed by atoms with Crippen LogP contribution in [0.3, 0.4) is 0 Å². The van der Waals surface area contributed by atoms with Crippen molar-refractivity contribution in [1.82, 2.24) is 24.1 Å². The largest absolute Gasteiger partial charge is 0.369 e. The molecule has 10 heteroatoms. The summed E-state index contributed by atoms with van der Waals surface area (Å²) in [6.45, 7) is 1.90. The van der Waals surface area contributed by atoms with Crippen LogP contribution in [-0.4, -0.2) is 33.3 Å². The first kappa shape index (κ1) is 19.9. The van der Waals surface area contributed by atoms with Crippen LogP contribution < -0.4 is 10.5 Å². The van der Waals surface area contributed by atoms with E-state index >= 15 is 0 Å². The Labute approximate surface area is 180 Å². The van der Waals surface area contributed by atoms with E-state index in [1.54, 1.807) is 28.8 Å². The lowest BCUT2D eigenvalue weighted by Crippen LogP contribution is -2.44. The molecule has 160 valence electrons. The van der Waals surface area contributed by atoms with E-state index in [-0.39, 0.29) is 16.3 Å². The molecule has 31 heavy (non-hydrogen) atoms. The zero-order valence-corrected chi connectivity index (χ0v) is 18.0. The number of nitrogen functional groups attached to an aromatic ring is 1. The van der Waals surface area contributed by atoms with Crippen LogP contribution in [0.1, 0.15) is 44.1 Å². The summed E-state index contributed by atoms with van der Waals surface area (Å²) in [4.78, 5) is 12.7. The van der Waals surface area contributed by atoms with Crippen LogP contribution in [0.2, 0.25) is 0 Å². The van der Waals surface area contributed by atoms with E-state index in [9.17, 15) is 8.42 Å². The van der Waals surface area contributed by atoms with Crippen LogP contribution in [0.5, 0.6) is 0 Å². The molecule has 2 saturated carbocycles. The molecule has 0 aliphatic heterocycles. The Balaban J connectivity index is 1.48. The van der Waals surface area contributed by atoms with Gasteiger partial charge in [-0.3, -0.25) is 4.40 Å². The van der Waals surface area contributed by atoms with Crippen molar-refractivity contribution in [2.24, 2.45) is 5.41 Å². The molecular formula is C21H23N7O2S. The molecule has 0 spiro atoms. The number of anilines is 1. The zero-order valence-electron chi connectivity index (χ0n) is 17.2. The predicted octanol–water partition coefficient (Wildman–Crippen LogP) is 2.58. The van der Waals surface area contributed by atoms with Crippen molar-refractivity contribution in [1.29, 1.82) is 5.26 Å². The first-order valence-corrected chi connectivity index (χ1v) is 11.7. The van der Waals surface area contributed by atoms with Gasteiger partial charge in [0.15, 0.2) is 0 Å². The third kappa shape index (κ3) is 3.25. The maximum atomic E-state index is 13.3. The van der Waals surface area contributed by atoms with Gasteiger partial charge in [0.25, 0.3) is 0 Å². The predicted molar refractivity (Wildman–Crippen MR) is 114 cm³/mol. The molecule has 2 fully saturated rings. The number of imidazole rings is 1. The van der Waals surface area contributed by atoms with Crippen molar-refractivity contribution in [2.75, 3.05) is 5.73 Å². The molecular weight excluding hydrogens is 414 g/mol. The minimum absolute atomic E-state index is 0.0345. The number of aryl methyl sites for hydroxylation is 1. The molecule has 9 nitrogen and oxygen atoms in total. The van der Waals surface area contributed by atoms with Crippen LogP contribution in [0.25, 0.3) is 17.0 Å². The lowest BCUT2D eigenvalue weighted by molar-refractivity contribution is 0.298. The third-order valence-electron chi connectivity index (χ3n) is 6.88. The van der Waals surface area contributed by atoms with E-state index < -0.39 is 15.6 Å². The number of fused-ring (bicyclic) bond motifs is 3. The minimum atomic E-state index is -3.73. The fraction of sp³-hybridized carbons (Fsp3) is 0.429. The minimum Gasteiger partial charge on any atom is -0.369 e. The number of sulfonamides is 1. The van der Waals surface area contributed by atoms with E-state index in [4.69, 9.17) is 11.0 Å². The molecule has 0 amide bonds. The SMILES string of the molecule is Cc1ccc(S(=O)(=O)NC23CCC(CC#N)(CC2)C3)cc1-c1cn2c(N)ncnc2n1. The number of hydrogen-bond acceptors (Lipinski definition) is 7. The molecule has 0 unspecified atom stereocenters. The summed E-state index contributed by atoms with van der Waals surface area (Å²) in [7, 11) is -3.73. The summed E-state index contributed by atoms with van der Waals surface area (Å²) < 4.78 is 31.2. The highest BCUT2D eigenvalue weighted by molar-refractivity contribution is 7.89. The van der Waals surface area contributed by atoms with Gasteiger partial charge in [-0.2, -0.15) is 5.26 Å². The number of nitrogens with two attached hydrogens (primary N) is 1. The molecule has 1 aromatic carbocycles. The standard InChI is InChI=1S/C21H23N7O2S/c1-14-2-3-15(10-16(14)17-11-28-18(23)24-13-25-19(28)26-17)31(29,30)27-21-6-4-20(12-21,5-7-21)8-9-22/h2-3,10-11,13,27H,4-8,12H2,1H3,(H2,23,24,25,26). The van der Waals surface area contributed by atoms with Crippen molar-refractivity contribution in [3.63, 3.8) is 0 Å². The summed E-state index contributed by atoms with van der Waals surface area (Å²) in [6.07, 6.45) is 7.61. The van der Waals surface area contributed by atoms with Gasteiger partial charge in [0, 0.05) is 23.7 Å². The van der Waals surface area contributed by atoms with Crippen LogP contribution >= 0.6 is 0 Å². The van der Waals surface area contributed by atoms with Gasteiger partial charge in [0.1, 0.15) is 6.33 Å². The lowest BCUT2D eigenvalue weighted by Gasteiger charge is -2.28. The Morgan fingerprint density at radius 3 is 2.74 bits per heavy atom. The summed E-state index contributed by atoms with van der Waals surface area (Å²) in [5.74, 6) is 0.659. The molecule has 2 heterocycles. The van der Waals surface area contributed by atoms with E-state index in [1.165, 1.54) is 6.33 Å². The van der Waals surface area contributed by atoms with E-state index in [2.05, 4.69) is 25.7 Å².